The van der Waals surface area contributed by atoms with Crippen LogP contribution in [-0.4, -0.2) is 24.0 Å². The van der Waals surface area contributed by atoms with E-state index in [4.69, 9.17) is 5.73 Å². The second kappa shape index (κ2) is 5.86. The summed E-state index contributed by atoms with van der Waals surface area (Å²) >= 11 is 1.71. The SMILES string of the molecule is CCN=C(N)N/N=C1/CCSc2ccc(F)cc21. The predicted molar refractivity (Wildman–Crippen MR) is 73.6 cm³/mol. The van der Waals surface area contributed by atoms with Gasteiger partial charge < -0.3 is 5.73 Å². The third-order valence-electron chi connectivity index (χ3n) is 2.48. The minimum atomic E-state index is -0.251. The van der Waals surface area contributed by atoms with Gasteiger partial charge in [0.2, 0.25) is 5.96 Å². The topological polar surface area (TPSA) is 62.8 Å². The Morgan fingerprint density at radius 3 is 3.17 bits per heavy atom. The number of halogens is 1. The summed E-state index contributed by atoms with van der Waals surface area (Å²) in [5.41, 5.74) is 9.95. The van der Waals surface area contributed by atoms with E-state index in [-0.39, 0.29) is 11.8 Å². The summed E-state index contributed by atoms with van der Waals surface area (Å²) in [4.78, 5) is 5.03. The minimum absolute atomic E-state index is 0.251. The molecule has 96 valence electrons. The first-order valence-electron chi connectivity index (χ1n) is 5.76. The number of aliphatic imine (C=N–C) groups is 1. The first-order valence-corrected chi connectivity index (χ1v) is 6.74. The van der Waals surface area contributed by atoms with Crippen LogP contribution in [0.4, 0.5) is 4.39 Å². The lowest BCUT2D eigenvalue weighted by atomic mass is 10.1. The van der Waals surface area contributed by atoms with Crippen LogP contribution in [0, 0.1) is 5.82 Å². The fourth-order valence-electron chi connectivity index (χ4n) is 1.69. The fraction of sp³-hybridized carbons (Fsp3) is 0.333. The van der Waals surface area contributed by atoms with Gasteiger partial charge in [0.05, 0.1) is 5.71 Å². The van der Waals surface area contributed by atoms with Gasteiger partial charge in [0, 0.05) is 29.2 Å². The number of nitrogens with one attached hydrogen (secondary N) is 1. The monoisotopic (exact) mass is 266 g/mol. The van der Waals surface area contributed by atoms with Crippen LogP contribution in [0.3, 0.4) is 0 Å². The van der Waals surface area contributed by atoms with Crippen molar-refractivity contribution in [2.75, 3.05) is 12.3 Å². The molecule has 1 aliphatic heterocycles. The summed E-state index contributed by atoms with van der Waals surface area (Å²) in [6.45, 7) is 2.49. The Kier molecular flexibility index (Phi) is 4.19. The summed E-state index contributed by atoms with van der Waals surface area (Å²) in [6, 6.07) is 4.76. The van der Waals surface area contributed by atoms with Crippen molar-refractivity contribution in [3.05, 3.63) is 29.6 Å². The highest BCUT2D eigenvalue weighted by atomic mass is 32.2. The molecule has 1 aromatic rings. The zero-order valence-corrected chi connectivity index (χ0v) is 10.9. The maximum absolute atomic E-state index is 13.3. The molecule has 0 aromatic heterocycles. The van der Waals surface area contributed by atoms with Crippen molar-refractivity contribution in [2.24, 2.45) is 15.8 Å². The second-order valence-corrected chi connectivity index (χ2v) is 4.91. The standard InChI is InChI=1S/C12H15FN4S/c1-2-15-12(14)17-16-10-5-6-18-11-4-3-8(13)7-9(10)11/h3-4,7H,2,5-6H2,1H3,(H3,14,15,17)/b16-10-. The van der Waals surface area contributed by atoms with Gasteiger partial charge in [-0.15, -0.1) is 11.8 Å². The Hall–Kier alpha value is -1.56. The van der Waals surface area contributed by atoms with E-state index in [2.05, 4.69) is 15.5 Å². The lowest BCUT2D eigenvalue weighted by molar-refractivity contribution is 0.626. The van der Waals surface area contributed by atoms with Crippen molar-refractivity contribution in [3.8, 4) is 0 Å². The molecule has 0 amide bonds. The lowest BCUT2D eigenvalue weighted by Gasteiger charge is -2.17. The van der Waals surface area contributed by atoms with E-state index in [1.807, 2.05) is 6.92 Å². The molecule has 1 aromatic carbocycles. The third-order valence-corrected chi connectivity index (χ3v) is 3.56. The molecule has 0 aliphatic carbocycles. The van der Waals surface area contributed by atoms with E-state index in [1.54, 1.807) is 17.8 Å². The molecule has 0 spiro atoms. The summed E-state index contributed by atoms with van der Waals surface area (Å²) in [5.74, 6) is 0.963. The number of benzene rings is 1. The molecule has 0 atom stereocenters. The van der Waals surface area contributed by atoms with Crippen LogP contribution in [0.25, 0.3) is 0 Å². The van der Waals surface area contributed by atoms with Gasteiger partial charge in [-0.2, -0.15) is 5.10 Å². The first kappa shape index (κ1) is 12.9. The van der Waals surface area contributed by atoms with Gasteiger partial charge in [-0.1, -0.05) is 0 Å². The number of guanidine groups is 1. The van der Waals surface area contributed by atoms with E-state index >= 15 is 0 Å². The van der Waals surface area contributed by atoms with Gasteiger partial charge in [-0.05, 0) is 25.1 Å². The molecular formula is C12H15FN4S. The Bertz CT molecular complexity index is 499. The average molecular weight is 266 g/mol. The molecule has 0 saturated heterocycles. The van der Waals surface area contributed by atoms with Crippen LogP contribution in [0.5, 0.6) is 0 Å². The minimum Gasteiger partial charge on any atom is -0.369 e. The predicted octanol–water partition coefficient (Wildman–Crippen LogP) is 1.95. The fourth-order valence-corrected chi connectivity index (χ4v) is 2.70. The molecule has 3 N–H and O–H groups in total. The van der Waals surface area contributed by atoms with Crippen molar-refractivity contribution in [2.45, 2.75) is 18.2 Å². The largest absolute Gasteiger partial charge is 0.369 e. The molecule has 6 heteroatoms. The maximum Gasteiger partial charge on any atom is 0.209 e. The highest BCUT2D eigenvalue weighted by molar-refractivity contribution is 7.99. The van der Waals surface area contributed by atoms with Crippen LogP contribution in [-0.2, 0) is 0 Å². The van der Waals surface area contributed by atoms with Crippen molar-refractivity contribution in [3.63, 3.8) is 0 Å². The van der Waals surface area contributed by atoms with Crippen molar-refractivity contribution < 1.29 is 4.39 Å². The zero-order chi connectivity index (χ0) is 13.0. The zero-order valence-electron chi connectivity index (χ0n) is 10.1. The quantitative estimate of drug-likeness (QED) is 0.488. The Morgan fingerprint density at radius 2 is 2.39 bits per heavy atom. The highest BCUT2D eigenvalue weighted by Crippen LogP contribution is 2.30. The van der Waals surface area contributed by atoms with Crippen molar-refractivity contribution >= 4 is 23.4 Å². The van der Waals surface area contributed by atoms with Crippen LogP contribution >= 0.6 is 11.8 Å². The Morgan fingerprint density at radius 1 is 1.56 bits per heavy atom. The Labute approximate surface area is 110 Å². The maximum atomic E-state index is 13.3. The third kappa shape index (κ3) is 3.01. The average Bonchev–Trinajstić information content (AvgIpc) is 2.36. The lowest BCUT2D eigenvalue weighted by Crippen LogP contribution is -2.29. The molecular weight excluding hydrogens is 251 g/mol. The molecule has 1 aliphatic rings. The number of fused-ring (bicyclic) bond motifs is 1. The molecule has 0 unspecified atom stereocenters. The van der Waals surface area contributed by atoms with Gasteiger partial charge in [0.25, 0.3) is 0 Å². The van der Waals surface area contributed by atoms with Crippen molar-refractivity contribution in [1.82, 2.24) is 5.43 Å². The van der Waals surface area contributed by atoms with Crippen LogP contribution in [0.15, 0.2) is 33.2 Å². The highest BCUT2D eigenvalue weighted by Gasteiger charge is 2.16. The van der Waals surface area contributed by atoms with E-state index in [0.29, 0.717) is 6.54 Å². The molecule has 2 rings (SSSR count). The Balaban J connectivity index is 2.24. The number of thioether (sulfide) groups is 1. The van der Waals surface area contributed by atoms with Gasteiger partial charge in [-0.3, -0.25) is 4.99 Å². The van der Waals surface area contributed by atoms with E-state index in [1.165, 1.54) is 12.1 Å². The van der Waals surface area contributed by atoms with Gasteiger partial charge >= 0.3 is 0 Å². The van der Waals surface area contributed by atoms with Crippen LogP contribution in [0.2, 0.25) is 0 Å². The number of rotatable bonds is 2. The summed E-state index contributed by atoms with van der Waals surface area (Å²) in [5, 5.41) is 4.22. The second-order valence-electron chi connectivity index (χ2n) is 3.77. The molecule has 0 radical (unpaired) electrons. The van der Waals surface area contributed by atoms with E-state index in [9.17, 15) is 4.39 Å². The number of nitrogens with two attached hydrogens (primary N) is 1. The number of hydrogen-bond donors (Lipinski definition) is 2. The van der Waals surface area contributed by atoms with Crippen LogP contribution in [0.1, 0.15) is 18.9 Å². The number of hydrazone groups is 1. The van der Waals surface area contributed by atoms with Crippen LogP contribution < -0.4 is 11.2 Å². The van der Waals surface area contributed by atoms with E-state index < -0.39 is 0 Å². The molecule has 0 saturated carbocycles. The normalized spacial score (nSPS) is 17.7. The van der Waals surface area contributed by atoms with Crippen molar-refractivity contribution in [1.29, 1.82) is 0 Å². The van der Waals surface area contributed by atoms with Gasteiger partial charge in [0.15, 0.2) is 0 Å². The summed E-state index contributed by atoms with van der Waals surface area (Å²) in [6.07, 6.45) is 0.785. The smallest absolute Gasteiger partial charge is 0.209 e. The molecule has 0 fully saturated rings. The summed E-state index contributed by atoms with van der Waals surface area (Å²) in [7, 11) is 0. The first-order chi connectivity index (χ1) is 8.70. The van der Waals surface area contributed by atoms with Gasteiger partial charge in [-0.25, -0.2) is 9.82 Å². The molecule has 4 nitrogen and oxygen atoms in total. The molecule has 18 heavy (non-hydrogen) atoms. The molecule has 0 bridgehead atoms. The number of nitrogens with zero attached hydrogens (tertiary/aromatic N) is 2. The molecule has 1 heterocycles. The number of hydrogen-bond acceptors (Lipinski definition) is 3. The van der Waals surface area contributed by atoms with E-state index in [0.717, 1.165) is 28.3 Å². The van der Waals surface area contributed by atoms with Gasteiger partial charge in [0.1, 0.15) is 5.82 Å². The summed E-state index contributed by atoms with van der Waals surface area (Å²) < 4.78 is 13.3.